The van der Waals surface area contributed by atoms with E-state index < -0.39 is 0 Å². The largest absolute Gasteiger partial charge is 0.370 e. The average molecular weight is 334 g/mol. The second kappa shape index (κ2) is 5.89. The lowest BCUT2D eigenvalue weighted by atomic mass is 10.1. The van der Waals surface area contributed by atoms with Crippen LogP contribution in [0.3, 0.4) is 0 Å². The fourth-order valence-corrected chi connectivity index (χ4v) is 2.92. The van der Waals surface area contributed by atoms with Crippen molar-refractivity contribution in [2.24, 2.45) is 0 Å². The molecule has 0 amide bonds. The standard InChI is InChI=1S/C15H16BrN3O/c1-11-8-17-9-15(18-11)19-6-7-20-14(10-19)12-4-2-3-5-13(12)16/h2-5,8-9,14H,6-7,10H2,1H3. The van der Waals surface area contributed by atoms with Crippen LogP contribution in [0.25, 0.3) is 0 Å². The third-order valence-corrected chi connectivity index (χ3v) is 4.11. The molecule has 2 heterocycles. The predicted molar refractivity (Wildman–Crippen MR) is 81.8 cm³/mol. The van der Waals surface area contributed by atoms with Crippen molar-refractivity contribution >= 4 is 21.7 Å². The van der Waals surface area contributed by atoms with E-state index in [2.05, 4.69) is 36.9 Å². The quantitative estimate of drug-likeness (QED) is 0.846. The summed E-state index contributed by atoms with van der Waals surface area (Å²) in [4.78, 5) is 11.0. The molecule has 1 aromatic carbocycles. The molecule has 4 nitrogen and oxygen atoms in total. The number of anilines is 1. The topological polar surface area (TPSA) is 38.2 Å². The van der Waals surface area contributed by atoms with Gasteiger partial charge in [-0.3, -0.25) is 4.98 Å². The van der Waals surface area contributed by atoms with Crippen LogP contribution in [0, 0.1) is 6.92 Å². The molecule has 1 aromatic heterocycles. The number of hydrogen-bond acceptors (Lipinski definition) is 4. The van der Waals surface area contributed by atoms with Gasteiger partial charge in [0.1, 0.15) is 11.9 Å². The highest BCUT2D eigenvalue weighted by molar-refractivity contribution is 9.10. The zero-order valence-electron chi connectivity index (χ0n) is 11.3. The molecule has 0 N–H and O–H groups in total. The number of halogens is 1. The predicted octanol–water partition coefficient (Wildman–Crippen LogP) is 3.13. The lowest BCUT2D eigenvalue weighted by Crippen LogP contribution is -2.39. The minimum Gasteiger partial charge on any atom is -0.370 e. The maximum absolute atomic E-state index is 5.91. The summed E-state index contributed by atoms with van der Waals surface area (Å²) in [5.74, 6) is 0.922. The van der Waals surface area contributed by atoms with E-state index in [1.165, 1.54) is 5.56 Å². The molecule has 0 aliphatic carbocycles. The van der Waals surface area contributed by atoms with Crippen LogP contribution in [0.2, 0.25) is 0 Å². The van der Waals surface area contributed by atoms with Crippen molar-refractivity contribution in [1.29, 1.82) is 0 Å². The second-order valence-corrected chi connectivity index (χ2v) is 5.70. The Hall–Kier alpha value is -1.46. The summed E-state index contributed by atoms with van der Waals surface area (Å²) in [5.41, 5.74) is 2.12. The van der Waals surface area contributed by atoms with E-state index in [0.717, 1.165) is 29.1 Å². The van der Waals surface area contributed by atoms with Crippen molar-refractivity contribution in [2.45, 2.75) is 13.0 Å². The van der Waals surface area contributed by atoms with Crippen LogP contribution < -0.4 is 4.90 Å². The first-order valence-corrected chi connectivity index (χ1v) is 7.43. The van der Waals surface area contributed by atoms with Crippen molar-refractivity contribution in [1.82, 2.24) is 9.97 Å². The first-order chi connectivity index (χ1) is 9.74. The van der Waals surface area contributed by atoms with Crippen molar-refractivity contribution in [3.05, 3.63) is 52.4 Å². The van der Waals surface area contributed by atoms with Crippen molar-refractivity contribution in [2.75, 3.05) is 24.6 Å². The van der Waals surface area contributed by atoms with Crippen molar-refractivity contribution < 1.29 is 4.74 Å². The summed E-state index contributed by atoms with van der Waals surface area (Å²) in [6.45, 7) is 4.30. The number of nitrogens with zero attached hydrogens (tertiary/aromatic N) is 3. The number of hydrogen-bond donors (Lipinski definition) is 0. The van der Waals surface area contributed by atoms with Gasteiger partial charge in [0.15, 0.2) is 0 Å². The summed E-state index contributed by atoms with van der Waals surface area (Å²) in [7, 11) is 0. The third-order valence-electron chi connectivity index (χ3n) is 3.38. The van der Waals surface area contributed by atoms with Gasteiger partial charge in [-0.05, 0) is 18.6 Å². The zero-order valence-corrected chi connectivity index (χ0v) is 12.9. The Balaban J connectivity index is 1.82. The number of morpholine rings is 1. The number of aryl methyl sites for hydroxylation is 1. The Morgan fingerprint density at radius 1 is 1.30 bits per heavy atom. The molecule has 1 aliphatic rings. The first-order valence-electron chi connectivity index (χ1n) is 6.63. The summed E-state index contributed by atoms with van der Waals surface area (Å²) in [6.07, 6.45) is 3.64. The lowest BCUT2D eigenvalue weighted by molar-refractivity contribution is 0.0390. The molecule has 0 bridgehead atoms. The van der Waals surface area contributed by atoms with Crippen LogP contribution in [0.1, 0.15) is 17.4 Å². The van der Waals surface area contributed by atoms with Crippen LogP contribution >= 0.6 is 15.9 Å². The molecule has 1 unspecified atom stereocenters. The highest BCUT2D eigenvalue weighted by atomic mass is 79.9. The molecule has 104 valence electrons. The maximum Gasteiger partial charge on any atom is 0.147 e. The third kappa shape index (κ3) is 2.83. The van der Waals surface area contributed by atoms with Gasteiger partial charge in [0, 0.05) is 23.8 Å². The minimum absolute atomic E-state index is 0.0571. The normalized spacial score (nSPS) is 19.1. The summed E-state index contributed by atoms with van der Waals surface area (Å²) >= 11 is 3.59. The van der Waals surface area contributed by atoms with E-state index in [1.807, 2.05) is 31.3 Å². The second-order valence-electron chi connectivity index (χ2n) is 4.85. The maximum atomic E-state index is 5.91. The van der Waals surface area contributed by atoms with E-state index in [4.69, 9.17) is 4.74 Å². The van der Waals surface area contributed by atoms with Crippen LogP contribution in [0.15, 0.2) is 41.1 Å². The minimum atomic E-state index is 0.0571. The highest BCUT2D eigenvalue weighted by Crippen LogP contribution is 2.29. The molecule has 1 aliphatic heterocycles. The monoisotopic (exact) mass is 333 g/mol. The van der Waals surface area contributed by atoms with E-state index in [1.54, 1.807) is 6.20 Å². The van der Waals surface area contributed by atoms with Crippen LogP contribution in [-0.2, 0) is 4.74 Å². The molecule has 2 aromatic rings. The highest BCUT2D eigenvalue weighted by Gasteiger charge is 2.24. The lowest BCUT2D eigenvalue weighted by Gasteiger charge is -2.34. The molecule has 1 fully saturated rings. The van der Waals surface area contributed by atoms with Gasteiger partial charge in [-0.1, -0.05) is 34.1 Å². The van der Waals surface area contributed by atoms with Crippen molar-refractivity contribution in [3.63, 3.8) is 0 Å². The van der Waals surface area contributed by atoms with Gasteiger partial charge >= 0.3 is 0 Å². The van der Waals surface area contributed by atoms with Gasteiger partial charge in [-0.25, -0.2) is 4.98 Å². The van der Waals surface area contributed by atoms with E-state index in [9.17, 15) is 0 Å². The fourth-order valence-electron chi connectivity index (χ4n) is 2.38. The Morgan fingerprint density at radius 3 is 2.95 bits per heavy atom. The van der Waals surface area contributed by atoms with Gasteiger partial charge < -0.3 is 9.64 Å². The van der Waals surface area contributed by atoms with Crippen molar-refractivity contribution in [3.8, 4) is 0 Å². The van der Waals surface area contributed by atoms with E-state index in [-0.39, 0.29) is 6.10 Å². The van der Waals surface area contributed by atoms with E-state index >= 15 is 0 Å². The summed E-state index contributed by atoms with van der Waals surface area (Å²) < 4.78 is 6.99. The van der Waals surface area contributed by atoms with Crippen LogP contribution in [0.4, 0.5) is 5.82 Å². The Labute approximate surface area is 126 Å². The molecule has 3 rings (SSSR count). The summed E-state index contributed by atoms with van der Waals surface area (Å²) in [5, 5.41) is 0. The first kappa shape index (κ1) is 13.5. The molecule has 5 heteroatoms. The van der Waals surface area contributed by atoms with Gasteiger partial charge in [0.05, 0.1) is 18.5 Å². The molecular formula is C15H16BrN3O. The molecule has 0 saturated carbocycles. The van der Waals surface area contributed by atoms with Crippen LogP contribution in [0.5, 0.6) is 0 Å². The number of benzene rings is 1. The number of rotatable bonds is 2. The number of aromatic nitrogens is 2. The van der Waals surface area contributed by atoms with Gasteiger partial charge in [0.25, 0.3) is 0 Å². The van der Waals surface area contributed by atoms with E-state index in [0.29, 0.717) is 6.61 Å². The Bertz CT molecular complexity index is 605. The average Bonchev–Trinajstić information content (AvgIpc) is 2.48. The van der Waals surface area contributed by atoms with Crippen LogP contribution in [-0.4, -0.2) is 29.7 Å². The number of ether oxygens (including phenoxy) is 1. The molecular weight excluding hydrogens is 318 g/mol. The molecule has 0 spiro atoms. The summed E-state index contributed by atoms with van der Waals surface area (Å²) in [6, 6.07) is 8.19. The fraction of sp³-hybridized carbons (Fsp3) is 0.333. The van der Waals surface area contributed by atoms with Gasteiger partial charge in [-0.15, -0.1) is 0 Å². The molecule has 20 heavy (non-hydrogen) atoms. The smallest absolute Gasteiger partial charge is 0.147 e. The molecule has 1 atom stereocenters. The molecule has 0 radical (unpaired) electrons. The van der Waals surface area contributed by atoms with Gasteiger partial charge in [0.2, 0.25) is 0 Å². The SMILES string of the molecule is Cc1cncc(N2CCOC(c3ccccc3Br)C2)n1. The molecule has 1 saturated heterocycles. The zero-order chi connectivity index (χ0) is 13.9. The Kier molecular flexibility index (Phi) is 3.98. The Morgan fingerprint density at radius 2 is 2.15 bits per heavy atom. The van der Waals surface area contributed by atoms with Gasteiger partial charge in [-0.2, -0.15) is 0 Å².